The van der Waals surface area contributed by atoms with E-state index in [1.807, 2.05) is 38.1 Å². The lowest BCUT2D eigenvalue weighted by Gasteiger charge is -2.27. The van der Waals surface area contributed by atoms with E-state index < -0.39 is 5.41 Å². The first-order chi connectivity index (χ1) is 8.82. The Labute approximate surface area is 114 Å². The third-order valence-electron chi connectivity index (χ3n) is 3.50. The minimum absolute atomic E-state index is 0.265. The summed E-state index contributed by atoms with van der Waals surface area (Å²) in [6.07, 6.45) is 0. The fourth-order valence-corrected chi connectivity index (χ4v) is 2.07. The molecular weight excluding hydrogens is 236 g/mol. The molecule has 19 heavy (non-hydrogen) atoms. The zero-order valence-corrected chi connectivity index (χ0v) is 11.3. The molecule has 0 aliphatic heterocycles. The predicted octanol–water partition coefficient (Wildman–Crippen LogP) is 3.67. The van der Waals surface area contributed by atoms with Crippen LogP contribution in [0.2, 0.25) is 0 Å². The van der Waals surface area contributed by atoms with Crippen molar-refractivity contribution >= 4 is 0 Å². The molecule has 0 bridgehead atoms. The molecular formula is C17H18O2. The molecule has 2 rings (SSSR count). The highest BCUT2D eigenvalue weighted by Gasteiger charge is 2.24. The fraction of sp³-hybridized carbons (Fsp3) is 0.176. The van der Waals surface area contributed by atoms with Crippen molar-refractivity contribution in [2.45, 2.75) is 19.3 Å². The molecule has 98 valence electrons. The van der Waals surface area contributed by atoms with E-state index in [1.165, 1.54) is 0 Å². The van der Waals surface area contributed by atoms with Crippen LogP contribution in [-0.2, 0) is 5.41 Å². The molecule has 0 atom stereocenters. The highest BCUT2D eigenvalue weighted by atomic mass is 16.3. The van der Waals surface area contributed by atoms with Gasteiger partial charge in [-0.3, -0.25) is 0 Å². The van der Waals surface area contributed by atoms with E-state index in [-0.39, 0.29) is 11.5 Å². The van der Waals surface area contributed by atoms with Gasteiger partial charge >= 0.3 is 0 Å². The summed E-state index contributed by atoms with van der Waals surface area (Å²) in [5.41, 5.74) is 2.77. The van der Waals surface area contributed by atoms with Gasteiger partial charge < -0.3 is 10.2 Å². The normalized spacial score (nSPS) is 11.6. The topological polar surface area (TPSA) is 40.5 Å². The van der Waals surface area contributed by atoms with Crippen molar-refractivity contribution in [1.82, 2.24) is 0 Å². The van der Waals surface area contributed by atoms with Crippen LogP contribution in [0.5, 0.6) is 11.5 Å². The molecule has 0 aromatic heterocycles. The monoisotopic (exact) mass is 254 g/mol. The van der Waals surface area contributed by atoms with Crippen molar-refractivity contribution in [3.8, 4) is 11.5 Å². The van der Waals surface area contributed by atoms with Gasteiger partial charge in [0, 0.05) is 5.41 Å². The molecule has 2 aromatic rings. The van der Waals surface area contributed by atoms with E-state index in [1.54, 1.807) is 12.1 Å². The van der Waals surface area contributed by atoms with Crippen LogP contribution in [0.3, 0.4) is 0 Å². The Morgan fingerprint density at radius 3 is 1.47 bits per heavy atom. The summed E-state index contributed by atoms with van der Waals surface area (Å²) >= 11 is 0. The molecule has 2 nitrogen and oxygen atoms in total. The van der Waals surface area contributed by atoms with E-state index in [2.05, 4.69) is 13.8 Å². The van der Waals surface area contributed by atoms with Crippen molar-refractivity contribution in [3.05, 3.63) is 72.5 Å². The maximum absolute atomic E-state index is 9.59. The Balaban J connectivity index is 2.51. The van der Waals surface area contributed by atoms with Crippen molar-refractivity contribution in [2.24, 2.45) is 0 Å². The standard InChI is InChI=1S/C17H18O2/c1-11-9-13(5-7-15(11)18)17(3,4)14-6-8-16(19)12(2)10-14/h5-10,18-19H,3-4H2,1-2H3. The van der Waals surface area contributed by atoms with Crippen molar-refractivity contribution in [2.75, 3.05) is 0 Å². The average Bonchev–Trinajstić information content (AvgIpc) is 2.35. The quantitative estimate of drug-likeness (QED) is 0.858. The lowest BCUT2D eigenvalue weighted by Crippen LogP contribution is -2.20. The first kappa shape index (κ1) is 13.5. The van der Waals surface area contributed by atoms with Gasteiger partial charge in [-0.1, -0.05) is 24.3 Å². The number of phenols is 2. The highest BCUT2D eigenvalue weighted by Crippen LogP contribution is 2.34. The van der Waals surface area contributed by atoms with Gasteiger partial charge in [0.05, 0.1) is 0 Å². The zero-order chi connectivity index (χ0) is 14.2. The molecule has 0 heterocycles. The summed E-state index contributed by atoms with van der Waals surface area (Å²) in [6.45, 7) is 12.0. The summed E-state index contributed by atoms with van der Waals surface area (Å²) in [6, 6.07) is 10.7. The predicted molar refractivity (Wildman–Crippen MR) is 77.2 cm³/mol. The van der Waals surface area contributed by atoms with Crippen LogP contribution in [0.1, 0.15) is 22.3 Å². The fourth-order valence-electron chi connectivity index (χ4n) is 2.07. The number of aromatic hydroxyl groups is 2. The maximum atomic E-state index is 9.59. The Kier molecular flexibility index (Phi) is 3.27. The van der Waals surface area contributed by atoms with Crippen LogP contribution in [0, 0.1) is 27.7 Å². The van der Waals surface area contributed by atoms with Gasteiger partial charge in [0.15, 0.2) is 0 Å². The molecule has 0 aliphatic carbocycles. The Morgan fingerprint density at radius 2 is 1.16 bits per heavy atom. The summed E-state index contributed by atoms with van der Waals surface area (Å²) in [7, 11) is 0. The lowest BCUT2D eigenvalue weighted by atomic mass is 9.77. The van der Waals surface area contributed by atoms with Gasteiger partial charge in [-0.15, -0.1) is 0 Å². The number of hydrogen-bond acceptors (Lipinski definition) is 2. The number of benzene rings is 2. The zero-order valence-electron chi connectivity index (χ0n) is 11.3. The molecule has 0 fully saturated rings. The minimum Gasteiger partial charge on any atom is -0.508 e. The second kappa shape index (κ2) is 4.61. The summed E-state index contributed by atoms with van der Waals surface area (Å²) < 4.78 is 0. The SMILES string of the molecule is [CH2]C([CH2])(c1ccc(O)c(C)c1)c1ccc(O)c(C)c1. The van der Waals surface area contributed by atoms with E-state index in [0.717, 1.165) is 22.3 Å². The Bertz CT molecular complexity index is 559. The number of aryl methyl sites for hydroxylation is 2. The van der Waals surface area contributed by atoms with Gasteiger partial charge in [0.25, 0.3) is 0 Å². The van der Waals surface area contributed by atoms with Gasteiger partial charge in [-0.25, -0.2) is 0 Å². The van der Waals surface area contributed by atoms with Crippen LogP contribution in [-0.4, -0.2) is 10.2 Å². The molecule has 0 aliphatic rings. The molecule has 2 radical (unpaired) electrons. The lowest BCUT2D eigenvalue weighted by molar-refractivity contribution is 0.470. The van der Waals surface area contributed by atoms with Crippen LogP contribution < -0.4 is 0 Å². The van der Waals surface area contributed by atoms with Crippen molar-refractivity contribution in [3.63, 3.8) is 0 Å². The van der Waals surface area contributed by atoms with Gasteiger partial charge in [-0.05, 0) is 62.1 Å². The molecule has 0 amide bonds. The number of rotatable bonds is 2. The van der Waals surface area contributed by atoms with Crippen LogP contribution in [0.15, 0.2) is 36.4 Å². The second-order valence-electron chi connectivity index (χ2n) is 5.08. The summed E-state index contributed by atoms with van der Waals surface area (Å²) in [4.78, 5) is 0. The molecule has 0 spiro atoms. The van der Waals surface area contributed by atoms with Crippen LogP contribution in [0.4, 0.5) is 0 Å². The smallest absolute Gasteiger partial charge is 0.118 e. The summed E-state index contributed by atoms with van der Waals surface area (Å²) in [5, 5.41) is 19.2. The van der Waals surface area contributed by atoms with Gasteiger partial charge in [-0.2, -0.15) is 0 Å². The van der Waals surface area contributed by atoms with Gasteiger partial charge in [0.1, 0.15) is 11.5 Å². The molecule has 0 saturated heterocycles. The highest BCUT2D eigenvalue weighted by molar-refractivity contribution is 5.49. The Hall–Kier alpha value is -1.96. The van der Waals surface area contributed by atoms with Gasteiger partial charge in [0.2, 0.25) is 0 Å². The van der Waals surface area contributed by atoms with Crippen LogP contribution in [0.25, 0.3) is 0 Å². The van der Waals surface area contributed by atoms with Crippen LogP contribution >= 0.6 is 0 Å². The van der Waals surface area contributed by atoms with E-state index >= 15 is 0 Å². The number of phenolic OH excluding ortho intramolecular Hbond substituents is 2. The first-order valence-corrected chi connectivity index (χ1v) is 6.13. The average molecular weight is 254 g/mol. The van der Waals surface area contributed by atoms with Crippen molar-refractivity contribution in [1.29, 1.82) is 0 Å². The summed E-state index contributed by atoms with van der Waals surface area (Å²) in [5.74, 6) is 0.530. The third-order valence-corrected chi connectivity index (χ3v) is 3.50. The molecule has 2 aromatic carbocycles. The van der Waals surface area contributed by atoms with E-state index in [9.17, 15) is 10.2 Å². The van der Waals surface area contributed by atoms with E-state index in [4.69, 9.17) is 0 Å². The minimum atomic E-state index is -0.670. The molecule has 0 unspecified atom stereocenters. The molecule has 2 heteroatoms. The third kappa shape index (κ3) is 2.43. The Morgan fingerprint density at radius 1 is 0.789 bits per heavy atom. The van der Waals surface area contributed by atoms with E-state index in [0.29, 0.717) is 0 Å². The second-order valence-corrected chi connectivity index (χ2v) is 5.08. The number of hydrogen-bond donors (Lipinski definition) is 2. The first-order valence-electron chi connectivity index (χ1n) is 6.13. The molecule has 2 N–H and O–H groups in total. The maximum Gasteiger partial charge on any atom is 0.118 e. The van der Waals surface area contributed by atoms with Crippen molar-refractivity contribution < 1.29 is 10.2 Å². The molecule has 0 saturated carbocycles. The largest absolute Gasteiger partial charge is 0.508 e.